The van der Waals surface area contributed by atoms with Crippen LogP contribution in [-0.2, 0) is 6.42 Å². The Bertz CT molecular complexity index is 372. The first-order valence-corrected chi connectivity index (χ1v) is 6.61. The van der Waals surface area contributed by atoms with Crippen molar-refractivity contribution >= 4 is 5.69 Å². The first kappa shape index (κ1) is 15.0. The monoisotopic (exact) mass is 249 g/mol. The van der Waals surface area contributed by atoms with Gasteiger partial charge < -0.3 is 15.5 Å². The number of nitrogens with zero attached hydrogens (tertiary/aromatic N) is 2. The first-order valence-electron chi connectivity index (χ1n) is 6.61. The van der Waals surface area contributed by atoms with Crippen molar-refractivity contribution in [3.8, 4) is 0 Å². The Morgan fingerprint density at radius 3 is 2.33 bits per heavy atom. The fourth-order valence-corrected chi connectivity index (χ4v) is 2.12. The third-order valence-corrected chi connectivity index (χ3v) is 3.11. The molecular weight excluding hydrogens is 222 g/mol. The molecule has 3 nitrogen and oxygen atoms in total. The summed E-state index contributed by atoms with van der Waals surface area (Å²) in [4.78, 5) is 4.52. The molecule has 3 heteroatoms. The second kappa shape index (κ2) is 6.76. The van der Waals surface area contributed by atoms with Crippen LogP contribution in [0.4, 0.5) is 5.69 Å². The predicted octanol–water partition coefficient (Wildman–Crippen LogP) is 1.88. The fraction of sp³-hybridized carbons (Fsp3) is 0.600. The molecule has 0 amide bonds. The third kappa shape index (κ3) is 4.67. The van der Waals surface area contributed by atoms with E-state index >= 15 is 0 Å². The van der Waals surface area contributed by atoms with Crippen LogP contribution in [0.3, 0.4) is 0 Å². The highest BCUT2D eigenvalue weighted by molar-refractivity contribution is 5.54. The summed E-state index contributed by atoms with van der Waals surface area (Å²) >= 11 is 0. The molecule has 0 bridgehead atoms. The minimum atomic E-state index is 0.224. The van der Waals surface area contributed by atoms with Gasteiger partial charge in [0, 0.05) is 31.9 Å². The molecule has 0 spiro atoms. The molecule has 1 aromatic rings. The highest BCUT2D eigenvalue weighted by atomic mass is 15.2. The molecular formula is C15H27N3. The van der Waals surface area contributed by atoms with Crippen LogP contribution in [0.2, 0.25) is 0 Å². The zero-order valence-electron chi connectivity index (χ0n) is 12.4. The largest absolute Gasteiger partial charge is 0.373 e. The van der Waals surface area contributed by atoms with Crippen LogP contribution in [0.25, 0.3) is 0 Å². The van der Waals surface area contributed by atoms with E-state index in [4.69, 9.17) is 5.73 Å². The fourth-order valence-electron chi connectivity index (χ4n) is 2.12. The summed E-state index contributed by atoms with van der Waals surface area (Å²) in [5.74, 6) is 0. The summed E-state index contributed by atoms with van der Waals surface area (Å²) in [6, 6.07) is 6.88. The number of hydrogen-bond donors (Lipinski definition) is 1. The van der Waals surface area contributed by atoms with Crippen LogP contribution in [0, 0.1) is 6.92 Å². The molecule has 102 valence electrons. The molecule has 18 heavy (non-hydrogen) atoms. The van der Waals surface area contributed by atoms with Gasteiger partial charge in [0.15, 0.2) is 0 Å². The van der Waals surface area contributed by atoms with E-state index in [0.29, 0.717) is 0 Å². The average molecular weight is 249 g/mol. The number of benzene rings is 1. The highest BCUT2D eigenvalue weighted by Gasteiger charge is 2.06. The summed E-state index contributed by atoms with van der Waals surface area (Å²) < 4.78 is 0. The SMILES string of the molecule is Cc1cc(CC(C)N)ccc1N(C)CCN(C)C. The second-order valence-electron chi connectivity index (χ2n) is 5.53. The van der Waals surface area contributed by atoms with Gasteiger partial charge >= 0.3 is 0 Å². The zero-order chi connectivity index (χ0) is 13.7. The van der Waals surface area contributed by atoms with Crippen LogP contribution in [-0.4, -0.2) is 45.2 Å². The Morgan fingerprint density at radius 2 is 1.83 bits per heavy atom. The zero-order valence-corrected chi connectivity index (χ0v) is 12.4. The number of aryl methyl sites for hydroxylation is 1. The predicted molar refractivity (Wildman–Crippen MR) is 80.4 cm³/mol. The van der Waals surface area contributed by atoms with Crippen LogP contribution in [0.5, 0.6) is 0 Å². The molecule has 0 aromatic heterocycles. The number of rotatable bonds is 6. The normalized spacial score (nSPS) is 12.8. The summed E-state index contributed by atoms with van der Waals surface area (Å²) in [5, 5.41) is 0. The molecule has 0 radical (unpaired) electrons. The van der Waals surface area contributed by atoms with Gasteiger partial charge in [0.25, 0.3) is 0 Å². The van der Waals surface area contributed by atoms with Gasteiger partial charge in [-0.25, -0.2) is 0 Å². The van der Waals surface area contributed by atoms with Crippen LogP contribution >= 0.6 is 0 Å². The minimum Gasteiger partial charge on any atom is -0.373 e. The molecule has 1 unspecified atom stereocenters. The number of hydrogen-bond acceptors (Lipinski definition) is 3. The third-order valence-electron chi connectivity index (χ3n) is 3.11. The Morgan fingerprint density at radius 1 is 1.17 bits per heavy atom. The highest BCUT2D eigenvalue weighted by Crippen LogP contribution is 2.20. The van der Waals surface area contributed by atoms with Crippen molar-refractivity contribution in [1.82, 2.24) is 4.90 Å². The molecule has 0 heterocycles. The lowest BCUT2D eigenvalue weighted by molar-refractivity contribution is 0.416. The Hall–Kier alpha value is -1.06. The standard InChI is InChI=1S/C15H27N3/c1-12-10-14(11-13(2)16)6-7-15(12)18(5)9-8-17(3)4/h6-7,10,13H,8-9,11,16H2,1-5H3. The Balaban J connectivity index is 2.72. The lowest BCUT2D eigenvalue weighted by Gasteiger charge is -2.24. The first-order chi connectivity index (χ1) is 8.40. The minimum absolute atomic E-state index is 0.224. The van der Waals surface area contributed by atoms with E-state index in [9.17, 15) is 0 Å². The molecule has 0 aliphatic carbocycles. The van der Waals surface area contributed by atoms with Crippen molar-refractivity contribution in [2.75, 3.05) is 39.1 Å². The lowest BCUT2D eigenvalue weighted by atomic mass is 10.0. The van der Waals surface area contributed by atoms with Crippen molar-refractivity contribution < 1.29 is 0 Å². The molecule has 1 rings (SSSR count). The van der Waals surface area contributed by atoms with Gasteiger partial charge in [-0.05, 0) is 51.6 Å². The molecule has 0 aliphatic heterocycles. The molecule has 2 N–H and O–H groups in total. The van der Waals surface area contributed by atoms with E-state index < -0.39 is 0 Å². The van der Waals surface area contributed by atoms with Crippen molar-refractivity contribution in [2.24, 2.45) is 5.73 Å². The van der Waals surface area contributed by atoms with E-state index in [-0.39, 0.29) is 6.04 Å². The number of likely N-dealkylation sites (N-methyl/N-ethyl adjacent to an activating group) is 2. The van der Waals surface area contributed by atoms with Gasteiger partial charge in [-0.15, -0.1) is 0 Å². The maximum atomic E-state index is 5.84. The molecule has 1 atom stereocenters. The molecule has 0 fully saturated rings. The van der Waals surface area contributed by atoms with Gasteiger partial charge in [0.05, 0.1) is 0 Å². The molecule has 1 aromatic carbocycles. The van der Waals surface area contributed by atoms with Crippen molar-refractivity contribution in [3.05, 3.63) is 29.3 Å². The van der Waals surface area contributed by atoms with Gasteiger partial charge in [-0.2, -0.15) is 0 Å². The summed E-state index contributed by atoms with van der Waals surface area (Å²) in [6.45, 7) is 6.33. The van der Waals surface area contributed by atoms with Gasteiger partial charge in [-0.1, -0.05) is 12.1 Å². The van der Waals surface area contributed by atoms with E-state index in [0.717, 1.165) is 19.5 Å². The topological polar surface area (TPSA) is 32.5 Å². The maximum Gasteiger partial charge on any atom is 0.0393 e. The molecule has 0 saturated heterocycles. The van der Waals surface area contributed by atoms with Crippen LogP contribution in [0.1, 0.15) is 18.1 Å². The van der Waals surface area contributed by atoms with Crippen molar-refractivity contribution in [3.63, 3.8) is 0 Å². The van der Waals surface area contributed by atoms with Gasteiger partial charge in [0.2, 0.25) is 0 Å². The maximum absolute atomic E-state index is 5.84. The second-order valence-corrected chi connectivity index (χ2v) is 5.53. The molecule has 0 aliphatic rings. The smallest absolute Gasteiger partial charge is 0.0393 e. The Labute approximate surface area is 112 Å². The van der Waals surface area contributed by atoms with E-state index in [2.05, 4.69) is 56.1 Å². The van der Waals surface area contributed by atoms with Gasteiger partial charge in [0.1, 0.15) is 0 Å². The lowest BCUT2D eigenvalue weighted by Crippen LogP contribution is -2.28. The summed E-state index contributed by atoms with van der Waals surface area (Å²) in [7, 11) is 6.36. The van der Waals surface area contributed by atoms with Crippen molar-refractivity contribution in [1.29, 1.82) is 0 Å². The summed E-state index contributed by atoms with van der Waals surface area (Å²) in [5.41, 5.74) is 9.80. The molecule has 0 saturated carbocycles. The van der Waals surface area contributed by atoms with E-state index in [1.807, 2.05) is 6.92 Å². The number of nitrogens with two attached hydrogens (primary N) is 1. The summed E-state index contributed by atoms with van der Waals surface area (Å²) in [6.07, 6.45) is 0.947. The Kier molecular flexibility index (Phi) is 5.63. The van der Waals surface area contributed by atoms with Crippen molar-refractivity contribution in [2.45, 2.75) is 26.3 Å². The van der Waals surface area contributed by atoms with Gasteiger partial charge in [-0.3, -0.25) is 0 Å². The van der Waals surface area contributed by atoms with E-state index in [1.54, 1.807) is 0 Å². The number of anilines is 1. The quantitative estimate of drug-likeness (QED) is 0.835. The van der Waals surface area contributed by atoms with Crippen LogP contribution in [0.15, 0.2) is 18.2 Å². The average Bonchev–Trinajstić information content (AvgIpc) is 2.25. The van der Waals surface area contributed by atoms with Crippen LogP contribution < -0.4 is 10.6 Å². The van der Waals surface area contributed by atoms with E-state index in [1.165, 1.54) is 16.8 Å².